The number of carbonyl (C=O) groups excluding carboxylic acids is 2. The third kappa shape index (κ3) is 3.80. The number of amides is 2. The first-order valence-corrected chi connectivity index (χ1v) is 8.35. The zero-order valence-electron chi connectivity index (χ0n) is 13.7. The van der Waals surface area contributed by atoms with Crippen molar-refractivity contribution in [2.75, 3.05) is 10.6 Å². The summed E-state index contributed by atoms with van der Waals surface area (Å²) in [4.78, 5) is 24.0. The van der Waals surface area contributed by atoms with Crippen molar-refractivity contribution in [1.29, 1.82) is 0 Å². The van der Waals surface area contributed by atoms with Crippen molar-refractivity contribution >= 4 is 45.6 Å². The van der Waals surface area contributed by atoms with E-state index in [0.717, 1.165) is 10.8 Å². The summed E-state index contributed by atoms with van der Waals surface area (Å²) >= 11 is 6.20. The van der Waals surface area contributed by atoms with E-state index < -0.39 is 0 Å². The van der Waals surface area contributed by atoms with Gasteiger partial charge in [-0.25, -0.2) is 0 Å². The van der Waals surface area contributed by atoms with Crippen LogP contribution in [0.1, 0.15) is 23.7 Å². The van der Waals surface area contributed by atoms with E-state index in [9.17, 15) is 9.59 Å². The lowest BCUT2D eigenvalue weighted by atomic mass is 10.0. The number of benzene rings is 3. The lowest BCUT2D eigenvalue weighted by Gasteiger charge is -2.10. The van der Waals surface area contributed by atoms with E-state index in [1.165, 1.54) is 0 Å². The Morgan fingerprint density at radius 1 is 0.840 bits per heavy atom. The summed E-state index contributed by atoms with van der Waals surface area (Å²) in [5.41, 5.74) is 1.91. The van der Waals surface area contributed by atoms with Crippen molar-refractivity contribution in [3.05, 3.63) is 71.2 Å². The molecule has 2 amide bonds. The number of nitrogens with one attached hydrogen (secondary N) is 2. The van der Waals surface area contributed by atoms with E-state index in [2.05, 4.69) is 10.6 Å². The zero-order chi connectivity index (χ0) is 17.8. The number of hydrogen-bond donors (Lipinski definition) is 2. The SMILES string of the molecule is CCC(=O)Nc1ccc(NC(=O)c2cccc3c(Cl)cccc23)cc1. The van der Waals surface area contributed by atoms with Crippen LogP contribution in [0.4, 0.5) is 11.4 Å². The molecule has 126 valence electrons. The number of fused-ring (bicyclic) bond motifs is 1. The van der Waals surface area contributed by atoms with E-state index >= 15 is 0 Å². The van der Waals surface area contributed by atoms with Crippen molar-refractivity contribution < 1.29 is 9.59 Å². The van der Waals surface area contributed by atoms with Crippen molar-refractivity contribution in [1.82, 2.24) is 0 Å². The minimum absolute atomic E-state index is 0.0515. The predicted octanol–water partition coefficient (Wildman–Crippen LogP) is 5.09. The molecule has 0 spiro atoms. The highest BCUT2D eigenvalue weighted by molar-refractivity contribution is 6.36. The molecule has 5 heteroatoms. The summed E-state index contributed by atoms with van der Waals surface area (Å²) in [6, 6.07) is 18.0. The number of rotatable bonds is 4. The molecule has 0 saturated heterocycles. The summed E-state index contributed by atoms with van der Waals surface area (Å²) in [6.07, 6.45) is 0.419. The highest BCUT2D eigenvalue weighted by Gasteiger charge is 2.11. The molecule has 0 aromatic heterocycles. The molecule has 0 fully saturated rings. The minimum atomic E-state index is -0.210. The summed E-state index contributed by atoms with van der Waals surface area (Å²) in [5.74, 6) is -0.261. The molecule has 3 rings (SSSR count). The first kappa shape index (κ1) is 17.0. The van der Waals surface area contributed by atoms with Gasteiger partial charge in [0.25, 0.3) is 5.91 Å². The Morgan fingerprint density at radius 2 is 1.44 bits per heavy atom. The Morgan fingerprint density at radius 3 is 2.12 bits per heavy atom. The summed E-state index contributed by atoms with van der Waals surface area (Å²) in [7, 11) is 0. The van der Waals surface area contributed by atoms with Crippen LogP contribution in [-0.2, 0) is 4.79 Å². The van der Waals surface area contributed by atoms with Crippen LogP contribution in [0, 0.1) is 0 Å². The van der Waals surface area contributed by atoms with E-state index in [4.69, 9.17) is 11.6 Å². The monoisotopic (exact) mass is 352 g/mol. The molecule has 3 aromatic rings. The highest BCUT2D eigenvalue weighted by Crippen LogP contribution is 2.26. The van der Waals surface area contributed by atoms with Crippen LogP contribution in [0.15, 0.2) is 60.7 Å². The molecule has 25 heavy (non-hydrogen) atoms. The molecule has 4 nitrogen and oxygen atoms in total. The fourth-order valence-electron chi connectivity index (χ4n) is 2.55. The van der Waals surface area contributed by atoms with Crippen LogP contribution in [-0.4, -0.2) is 11.8 Å². The van der Waals surface area contributed by atoms with Crippen molar-refractivity contribution in [2.45, 2.75) is 13.3 Å². The Labute approximate surface area is 150 Å². The van der Waals surface area contributed by atoms with Gasteiger partial charge in [0.15, 0.2) is 0 Å². The molecular formula is C20H17ClN2O2. The van der Waals surface area contributed by atoms with Gasteiger partial charge in [0.2, 0.25) is 5.91 Å². The average Bonchev–Trinajstić information content (AvgIpc) is 2.63. The maximum absolute atomic E-state index is 12.6. The molecule has 3 aromatic carbocycles. The number of halogens is 1. The maximum atomic E-state index is 12.6. The third-order valence-corrected chi connectivity index (χ3v) is 4.19. The van der Waals surface area contributed by atoms with Gasteiger partial charge in [0, 0.05) is 33.8 Å². The van der Waals surface area contributed by atoms with E-state index in [-0.39, 0.29) is 11.8 Å². The Hall–Kier alpha value is -2.85. The largest absolute Gasteiger partial charge is 0.326 e. The molecule has 0 bridgehead atoms. The summed E-state index contributed by atoms with van der Waals surface area (Å²) < 4.78 is 0. The standard InChI is InChI=1S/C20H17ClN2O2/c1-2-19(24)22-13-9-11-14(12-10-13)23-20(25)17-7-3-6-16-15(17)5-4-8-18(16)21/h3-12H,2H2,1H3,(H,22,24)(H,23,25). The fraction of sp³-hybridized carbons (Fsp3) is 0.100. The molecule has 0 aliphatic rings. The lowest BCUT2D eigenvalue weighted by molar-refractivity contribution is -0.115. The Kier molecular flexibility index (Phi) is 5.00. The second kappa shape index (κ2) is 7.36. The fourth-order valence-corrected chi connectivity index (χ4v) is 2.79. The van der Waals surface area contributed by atoms with Gasteiger partial charge in [-0.1, -0.05) is 42.8 Å². The number of carbonyl (C=O) groups is 2. The Balaban J connectivity index is 1.81. The quantitative estimate of drug-likeness (QED) is 0.686. The first-order valence-electron chi connectivity index (χ1n) is 7.97. The predicted molar refractivity (Wildman–Crippen MR) is 102 cm³/mol. The maximum Gasteiger partial charge on any atom is 0.256 e. The van der Waals surface area contributed by atoms with Crippen LogP contribution < -0.4 is 10.6 Å². The van der Waals surface area contributed by atoms with Crippen LogP contribution in [0.3, 0.4) is 0 Å². The van der Waals surface area contributed by atoms with Gasteiger partial charge < -0.3 is 10.6 Å². The van der Waals surface area contributed by atoms with Crippen LogP contribution in [0.5, 0.6) is 0 Å². The zero-order valence-corrected chi connectivity index (χ0v) is 14.4. The van der Waals surface area contributed by atoms with Crippen molar-refractivity contribution in [2.24, 2.45) is 0 Å². The van der Waals surface area contributed by atoms with Crippen LogP contribution in [0.2, 0.25) is 5.02 Å². The molecule has 0 radical (unpaired) electrons. The molecule has 0 saturated carbocycles. The molecule has 2 N–H and O–H groups in total. The van der Waals surface area contributed by atoms with Gasteiger partial charge >= 0.3 is 0 Å². The number of anilines is 2. The van der Waals surface area contributed by atoms with Gasteiger partial charge in [0.1, 0.15) is 0 Å². The first-order chi connectivity index (χ1) is 12.1. The average molecular weight is 353 g/mol. The van der Waals surface area contributed by atoms with Gasteiger partial charge in [0.05, 0.1) is 0 Å². The highest BCUT2D eigenvalue weighted by atomic mass is 35.5. The number of hydrogen-bond acceptors (Lipinski definition) is 2. The molecule has 0 aliphatic heterocycles. The summed E-state index contributed by atoms with van der Waals surface area (Å²) in [6.45, 7) is 1.79. The van der Waals surface area contributed by atoms with Crippen molar-refractivity contribution in [3.63, 3.8) is 0 Å². The Bertz CT molecular complexity index is 936. The molecule has 0 heterocycles. The van der Waals surface area contributed by atoms with Crippen LogP contribution >= 0.6 is 11.6 Å². The van der Waals surface area contributed by atoms with E-state index in [0.29, 0.717) is 28.4 Å². The minimum Gasteiger partial charge on any atom is -0.326 e. The second-order valence-corrected chi connectivity index (χ2v) is 5.98. The van der Waals surface area contributed by atoms with Gasteiger partial charge in [-0.2, -0.15) is 0 Å². The molecule has 0 unspecified atom stereocenters. The van der Waals surface area contributed by atoms with E-state index in [1.807, 2.05) is 24.3 Å². The normalized spacial score (nSPS) is 10.5. The molecule has 0 atom stereocenters. The molecular weight excluding hydrogens is 336 g/mol. The smallest absolute Gasteiger partial charge is 0.256 e. The van der Waals surface area contributed by atoms with E-state index in [1.54, 1.807) is 43.3 Å². The molecule has 0 aliphatic carbocycles. The second-order valence-electron chi connectivity index (χ2n) is 5.57. The van der Waals surface area contributed by atoms with Crippen molar-refractivity contribution in [3.8, 4) is 0 Å². The van der Waals surface area contributed by atoms with Gasteiger partial charge in [-0.3, -0.25) is 9.59 Å². The topological polar surface area (TPSA) is 58.2 Å². The summed E-state index contributed by atoms with van der Waals surface area (Å²) in [5, 5.41) is 7.90. The lowest BCUT2D eigenvalue weighted by Crippen LogP contribution is -2.13. The van der Waals surface area contributed by atoms with Gasteiger partial charge in [-0.05, 0) is 41.8 Å². The van der Waals surface area contributed by atoms with Gasteiger partial charge in [-0.15, -0.1) is 0 Å². The third-order valence-electron chi connectivity index (χ3n) is 3.86. The van der Waals surface area contributed by atoms with Crippen LogP contribution in [0.25, 0.3) is 10.8 Å².